The Bertz CT molecular complexity index is 709. The van der Waals surface area contributed by atoms with Crippen molar-refractivity contribution in [3.05, 3.63) is 11.1 Å². The van der Waals surface area contributed by atoms with Crippen molar-refractivity contribution in [1.82, 2.24) is 0 Å². The van der Waals surface area contributed by atoms with Gasteiger partial charge in [-0.3, -0.25) is 9.59 Å². The van der Waals surface area contributed by atoms with E-state index in [-0.39, 0.29) is 29.3 Å². The zero-order valence-electron chi connectivity index (χ0n) is 17.7. The Morgan fingerprint density at radius 1 is 1.21 bits per heavy atom. The van der Waals surface area contributed by atoms with Gasteiger partial charge in [-0.25, -0.2) is 0 Å². The fourth-order valence-electron chi connectivity index (χ4n) is 7.68. The monoisotopic (exact) mass is 388 g/mol. The van der Waals surface area contributed by atoms with Crippen LogP contribution in [-0.4, -0.2) is 28.1 Å². The molecule has 4 rings (SSSR count). The molecule has 4 nitrogen and oxygen atoms in total. The van der Waals surface area contributed by atoms with Gasteiger partial charge >= 0.3 is 5.97 Å². The molecule has 4 aliphatic rings. The van der Waals surface area contributed by atoms with E-state index in [1.165, 1.54) is 5.57 Å². The van der Waals surface area contributed by atoms with Crippen LogP contribution < -0.4 is 0 Å². The van der Waals surface area contributed by atoms with Crippen LogP contribution in [0.15, 0.2) is 11.1 Å². The van der Waals surface area contributed by atoms with Crippen LogP contribution in [0.4, 0.5) is 0 Å². The van der Waals surface area contributed by atoms with E-state index in [9.17, 15) is 14.7 Å². The number of carbonyl (C=O) groups is 2. The van der Waals surface area contributed by atoms with Gasteiger partial charge < -0.3 is 10.2 Å². The highest BCUT2D eigenvalue weighted by atomic mass is 16.4. The molecule has 0 spiro atoms. The second-order valence-corrected chi connectivity index (χ2v) is 10.6. The first-order valence-electron chi connectivity index (χ1n) is 11.3. The average molecular weight is 389 g/mol. The Hall–Kier alpha value is -1.16. The van der Waals surface area contributed by atoms with Gasteiger partial charge in [-0.15, -0.1) is 0 Å². The first-order valence-corrected chi connectivity index (χ1v) is 11.3. The van der Waals surface area contributed by atoms with E-state index >= 15 is 0 Å². The molecule has 0 bridgehead atoms. The van der Waals surface area contributed by atoms with Gasteiger partial charge in [0.15, 0.2) is 0 Å². The molecule has 2 N–H and O–H groups in total. The van der Waals surface area contributed by atoms with Gasteiger partial charge in [-0.2, -0.15) is 0 Å². The molecule has 0 unspecified atom stereocenters. The lowest BCUT2D eigenvalue weighted by molar-refractivity contribution is -0.137. The Kier molecular flexibility index (Phi) is 5.01. The van der Waals surface area contributed by atoms with Crippen molar-refractivity contribution >= 4 is 11.8 Å². The molecule has 0 aromatic heterocycles. The first kappa shape index (κ1) is 20.1. The Morgan fingerprint density at radius 2 is 1.96 bits per heavy atom. The number of ketones is 1. The smallest absolute Gasteiger partial charge is 0.303 e. The predicted octanol–water partition coefficient (Wildman–Crippen LogP) is 4.75. The van der Waals surface area contributed by atoms with E-state index in [0.717, 1.165) is 44.9 Å². The summed E-state index contributed by atoms with van der Waals surface area (Å²) in [4.78, 5) is 24.6. The van der Waals surface area contributed by atoms with Gasteiger partial charge in [0.25, 0.3) is 0 Å². The molecule has 2 fully saturated rings. The molecule has 4 heteroatoms. The number of fused-ring (bicyclic) bond motifs is 4. The molecular weight excluding hydrogens is 352 g/mol. The third-order valence-electron chi connectivity index (χ3n) is 9.41. The first-order chi connectivity index (χ1) is 13.2. The number of carboxylic acids is 1. The van der Waals surface area contributed by atoms with E-state index < -0.39 is 5.97 Å². The van der Waals surface area contributed by atoms with Crippen LogP contribution in [0.1, 0.15) is 85.0 Å². The Morgan fingerprint density at radius 3 is 2.68 bits per heavy atom. The average Bonchev–Trinajstić information content (AvgIpc) is 3.00. The fraction of sp³-hybridized carbons (Fsp3) is 0.833. The normalized spacial score (nSPS) is 43.9. The van der Waals surface area contributed by atoms with Gasteiger partial charge in [-0.05, 0) is 80.5 Å². The predicted molar refractivity (Wildman–Crippen MR) is 108 cm³/mol. The van der Waals surface area contributed by atoms with Gasteiger partial charge in [-0.1, -0.05) is 31.9 Å². The molecule has 7 atom stereocenters. The summed E-state index contributed by atoms with van der Waals surface area (Å²) in [5.41, 5.74) is 2.79. The van der Waals surface area contributed by atoms with Crippen LogP contribution in [0.25, 0.3) is 0 Å². The van der Waals surface area contributed by atoms with E-state index in [1.807, 2.05) is 0 Å². The van der Waals surface area contributed by atoms with Crippen molar-refractivity contribution < 1.29 is 19.8 Å². The number of hydrogen-bond donors (Lipinski definition) is 2. The van der Waals surface area contributed by atoms with E-state index in [2.05, 4.69) is 20.8 Å². The van der Waals surface area contributed by atoms with Crippen molar-refractivity contribution in [1.29, 1.82) is 0 Å². The van der Waals surface area contributed by atoms with Crippen LogP contribution in [0, 0.1) is 34.5 Å². The van der Waals surface area contributed by atoms with Gasteiger partial charge in [0, 0.05) is 18.3 Å². The van der Waals surface area contributed by atoms with Gasteiger partial charge in [0.2, 0.25) is 0 Å². The van der Waals surface area contributed by atoms with Crippen LogP contribution >= 0.6 is 0 Å². The maximum Gasteiger partial charge on any atom is 0.303 e. The van der Waals surface area contributed by atoms with Crippen molar-refractivity contribution in [2.24, 2.45) is 34.5 Å². The van der Waals surface area contributed by atoms with E-state index in [4.69, 9.17) is 5.11 Å². The van der Waals surface area contributed by atoms with Crippen LogP contribution in [0.2, 0.25) is 0 Å². The van der Waals surface area contributed by atoms with Crippen molar-refractivity contribution in [2.45, 2.75) is 91.1 Å². The zero-order chi connectivity index (χ0) is 20.3. The number of carboxylic acid groups (broad SMARTS) is 1. The minimum atomic E-state index is -0.739. The molecular formula is C24H36O4. The molecule has 0 heterocycles. The molecule has 0 aromatic rings. The van der Waals surface area contributed by atoms with E-state index in [1.54, 1.807) is 5.57 Å². The Labute approximate surface area is 168 Å². The van der Waals surface area contributed by atoms with Gasteiger partial charge in [0.1, 0.15) is 5.78 Å². The number of aliphatic hydroxyl groups excluding tert-OH is 1. The number of hydrogen-bond acceptors (Lipinski definition) is 3. The summed E-state index contributed by atoms with van der Waals surface area (Å²) < 4.78 is 0. The summed E-state index contributed by atoms with van der Waals surface area (Å²) in [6.07, 6.45) is 8.39. The number of rotatable bonds is 4. The van der Waals surface area contributed by atoms with Crippen LogP contribution in [-0.2, 0) is 9.59 Å². The molecule has 0 amide bonds. The standard InChI is InChI=1S/C24H36O4/c1-14(4-9-22(27)28)18-7-8-19-17-6-5-15-12-16(25)10-11-23(15,2)20(17)13-21(26)24(18,19)3/h14-16,18-19,25H,4-13H2,1-3H3,(H,27,28)/t14-,15-,16-,18-,19+,23+,24-/m1/s1. The highest BCUT2D eigenvalue weighted by molar-refractivity contribution is 5.90. The second kappa shape index (κ2) is 6.97. The summed E-state index contributed by atoms with van der Waals surface area (Å²) in [5, 5.41) is 19.2. The van der Waals surface area contributed by atoms with Crippen molar-refractivity contribution in [3.63, 3.8) is 0 Å². The summed E-state index contributed by atoms with van der Waals surface area (Å²) in [6.45, 7) is 6.70. The molecule has 156 valence electrons. The van der Waals surface area contributed by atoms with E-state index in [0.29, 0.717) is 36.4 Å². The lowest BCUT2D eigenvalue weighted by Crippen LogP contribution is -2.49. The summed E-state index contributed by atoms with van der Waals surface area (Å²) in [6, 6.07) is 0. The number of aliphatic carboxylic acids is 1. The van der Waals surface area contributed by atoms with Crippen molar-refractivity contribution in [3.8, 4) is 0 Å². The topological polar surface area (TPSA) is 74.6 Å². The Balaban J connectivity index is 1.64. The molecule has 0 radical (unpaired) electrons. The largest absolute Gasteiger partial charge is 0.481 e. The van der Waals surface area contributed by atoms with Crippen LogP contribution in [0.5, 0.6) is 0 Å². The van der Waals surface area contributed by atoms with Gasteiger partial charge in [0.05, 0.1) is 6.10 Å². The number of carbonyl (C=O) groups excluding carboxylic acids is 1. The highest BCUT2D eigenvalue weighted by Gasteiger charge is 2.59. The summed E-state index contributed by atoms with van der Waals surface area (Å²) in [5.74, 6) is 1.10. The number of aliphatic hydroxyl groups is 1. The minimum Gasteiger partial charge on any atom is -0.481 e. The fourth-order valence-corrected chi connectivity index (χ4v) is 7.68. The lowest BCUT2D eigenvalue weighted by Gasteiger charge is -2.54. The maximum atomic E-state index is 13.6. The SMILES string of the molecule is C[C@H](CCC(=O)O)[C@H]1CC[C@H]2C3=C(CC(=O)[C@]12C)[C@@]1(C)CC[C@@H](O)C[C@H]1CC3. The third kappa shape index (κ3) is 2.89. The number of Topliss-reactive ketones (excluding diaryl/α,β-unsaturated/α-hetero) is 1. The third-order valence-corrected chi connectivity index (χ3v) is 9.41. The quantitative estimate of drug-likeness (QED) is 0.682. The van der Waals surface area contributed by atoms with Crippen LogP contribution in [0.3, 0.4) is 0 Å². The zero-order valence-corrected chi connectivity index (χ0v) is 17.7. The lowest BCUT2D eigenvalue weighted by atomic mass is 9.50. The molecule has 2 saturated carbocycles. The summed E-state index contributed by atoms with van der Waals surface area (Å²) in [7, 11) is 0. The summed E-state index contributed by atoms with van der Waals surface area (Å²) >= 11 is 0. The number of allylic oxidation sites excluding steroid dienone is 2. The van der Waals surface area contributed by atoms with Crippen molar-refractivity contribution in [2.75, 3.05) is 0 Å². The molecule has 0 saturated heterocycles. The molecule has 4 aliphatic carbocycles. The maximum absolute atomic E-state index is 13.6. The molecule has 0 aromatic carbocycles. The second-order valence-electron chi connectivity index (χ2n) is 10.6. The molecule has 28 heavy (non-hydrogen) atoms. The highest BCUT2D eigenvalue weighted by Crippen LogP contribution is 2.64. The molecule has 0 aliphatic heterocycles. The minimum absolute atomic E-state index is 0.0941.